The molecule has 0 aromatic rings. The summed E-state index contributed by atoms with van der Waals surface area (Å²) in [6.45, 7) is 2.28. The van der Waals surface area contributed by atoms with Gasteiger partial charge in [-0.15, -0.1) is 0 Å². The molecule has 1 fully saturated rings. The molecule has 0 heterocycles. The first-order valence-corrected chi connectivity index (χ1v) is 7.27. The van der Waals surface area contributed by atoms with Gasteiger partial charge >= 0.3 is 12.1 Å². The zero-order chi connectivity index (χ0) is 16.2. The van der Waals surface area contributed by atoms with Gasteiger partial charge in [0.25, 0.3) is 0 Å². The van der Waals surface area contributed by atoms with Crippen LogP contribution >= 0.6 is 0 Å². The minimum atomic E-state index is -4.47. The van der Waals surface area contributed by atoms with Gasteiger partial charge in [0, 0.05) is 6.54 Å². The summed E-state index contributed by atoms with van der Waals surface area (Å²) in [4.78, 5) is 24.4. The van der Waals surface area contributed by atoms with Crippen LogP contribution in [0.5, 0.6) is 0 Å². The molecule has 4 nitrogen and oxygen atoms in total. The molecule has 1 rings (SSSR count). The van der Waals surface area contributed by atoms with E-state index in [0.29, 0.717) is 19.3 Å². The summed E-state index contributed by atoms with van der Waals surface area (Å²) < 4.78 is 37.7. The van der Waals surface area contributed by atoms with Crippen LogP contribution in [0, 0.1) is 17.8 Å². The maximum atomic E-state index is 12.6. The van der Waals surface area contributed by atoms with E-state index in [2.05, 4.69) is 0 Å². The van der Waals surface area contributed by atoms with E-state index in [1.807, 2.05) is 6.92 Å². The molecule has 1 unspecified atom stereocenters. The molecule has 1 N–H and O–H groups in total. The number of hydrogen-bond acceptors (Lipinski definition) is 2. The molecule has 21 heavy (non-hydrogen) atoms. The largest absolute Gasteiger partial charge is 0.481 e. The molecule has 0 spiro atoms. The number of amides is 1. The Morgan fingerprint density at radius 2 is 1.76 bits per heavy atom. The smallest absolute Gasteiger partial charge is 0.406 e. The third-order valence-electron chi connectivity index (χ3n) is 4.05. The second kappa shape index (κ2) is 7.13. The van der Waals surface area contributed by atoms with Crippen molar-refractivity contribution in [1.29, 1.82) is 0 Å². The number of alkyl halides is 3. The van der Waals surface area contributed by atoms with Crippen LogP contribution < -0.4 is 0 Å². The molecule has 0 aromatic carbocycles. The predicted octanol–water partition coefficient (Wildman–Crippen LogP) is 2.92. The lowest BCUT2D eigenvalue weighted by Gasteiger charge is -2.27. The van der Waals surface area contributed by atoms with E-state index in [-0.39, 0.29) is 12.5 Å². The Balaban J connectivity index is 2.87. The molecule has 1 saturated carbocycles. The summed E-state index contributed by atoms with van der Waals surface area (Å²) in [6, 6.07) is 0. The summed E-state index contributed by atoms with van der Waals surface area (Å²) >= 11 is 0. The van der Waals surface area contributed by atoms with Crippen LogP contribution in [0.3, 0.4) is 0 Å². The summed E-state index contributed by atoms with van der Waals surface area (Å²) in [5.41, 5.74) is 0. The second-order valence-electron chi connectivity index (χ2n) is 5.67. The van der Waals surface area contributed by atoms with Crippen molar-refractivity contribution in [2.75, 3.05) is 13.1 Å². The summed E-state index contributed by atoms with van der Waals surface area (Å²) in [7, 11) is 0. The van der Waals surface area contributed by atoms with Crippen LogP contribution in [-0.4, -0.2) is 41.1 Å². The molecule has 3 atom stereocenters. The van der Waals surface area contributed by atoms with E-state index in [9.17, 15) is 27.9 Å². The molecular formula is C14H22F3NO3. The molecule has 122 valence electrons. The first-order valence-electron chi connectivity index (χ1n) is 7.27. The second-order valence-corrected chi connectivity index (χ2v) is 5.67. The maximum absolute atomic E-state index is 12.6. The molecule has 1 aliphatic carbocycles. The Hall–Kier alpha value is -1.27. The van der Waals surface area contributed by atoms with Gasteiger partial charge in [-0.1, -0.05) is 20.3 Å². The Morgan fingerprint density at radius 1 is 1.19 bits per heavy atom. The monoisotopic (exact) mass is 309 g/mol. The van der Waals surface area contributed by atoms with Crippen LogP contribution in [0.2, 0.25) is 0 Å². The number of hydrogen-bond donors (Lipinski definition) is 1. The third-order valence-corrected chi connectivity index (χ3v) is 4.05. The minimum absolute atomic E-state index is 0.00201. The predicted molar refractivity (Wildman–Crippen MR) is 70.6 cm³/mol. The van der Waals surface area contributed by atoms with Gasteiger partial charge in [-0.05, 0) is 25.2 Å². The molecule has 0 aromatic heterocycles. The fraction of sp³-hybridized carbons (Fsp3) is 0.857. The van der Waals surface area contributed by atoms with Gasteiger partial charge in [-0.2, -0.15) is 13.2 Å². The Morgan fingerprint density at radius 3 is 2.19 bits per heavy atom. The van der Waals surface area contributed by atoms with Crippen molar-refractivity contribution in [2.45, 2.75) is 45.7 Å². The molecule has 0 aliphatic heterocycles. The van der Waals surface area contributed by atoms with E-state index in [0.717, 1.165) is 11.3 Å². The fourth-order valence-corrected chi connectivity index (χ4v) is 3.01. The molecule has 7 heteroatoms. The summed E-state index contributed by atoms with van der Waals surface area (Å²) in [6.07, 6.45) is -2.59. The minimum Gasteiger partial charge on any atom is -0.481 e. The van der Waals surface area contributed by atoms with Crippen molar-refractivity contribution in [3.63, 3.8) is 0 Å². The Kier molecular flexibility index (Phi) is 6.04. The van der Waals surface area contributed by atoms with Crippen molar-refractivity contribution < 1.29 is 27.9 Å². The number of nitrogens with zero attached hydrogens (tertiary/aromatic N) is 1. The van der Waals surface area contributed by atoms with Crippen LogP contribution in [0.4, 0.5) is 13.2 Å². The van der Waals surface area contributed by atoms with Crippen molar-refractivity contribution >= 4 is 11.9 Å². The SMILES string of the molecule is CCCN(CC(F)(F)F)C(=O)[C@H]1CC(CC)C[C@H]1C(=O)O. The fourth-order valence-electron chi connectivity index (χ4n) is 3.01. The number of carboxylic acid groups (broad SMARTS) is 1. The zero-order valence-electron chi connectivity index (χ0n) is 12.3. The molecule has 0 bridgehead atoms. The Labute approximate surface area is 122 Å². The average Bonchev–Trinajstić information content (AvgIpc) is 2.80. The number of carbonyl (C=O) groups excluding carboxylic acids is 1. The molecule has 1 amide bonds. The molecule has 1 aliphatic rings. The van der Waals surface area contributed by atoms with E-state index < -0.39 is 36.4 Å². The normalized spacial score (nSPS) is 25.9. The number of carbonyl (C=O) groups is 2. The van der Waals surface area contributed by atoms with Gasteiger partial charge in [0.2, 0.25) is 5.91 Å². The third kappa shape index (κ3) is 4.89. The lowest BCUT2D eigenvalue weighted by molar-refractivity contribution is -0.166. The highest BCUT2D eigenvalue weighted by atomic mass is 19.4. The van der Waals surface area contributed by atoms with E-state index >= 15 is 0 Å². The van der Waals surface area contributed by atoms with E-state index in [1.165, 1.54) is 0 Å². The highest BCUT2D eigenvalue weighted by Crippen LogP contribution is 2.39. The van der Waals surface area contributed by atoms with Gasteiger partial charge in [-0.25, -0.2) is 0 Å². The van der Waals surface area contributed by atoms with Gasteiger partial charge in [0.1, 0.15) is 6.54 Å². The standard InChI is InChI=1S/C14H22F3NO3/c1-3-5-18(8-14(15,16)17)12(19)10-6-9(4-2)7-11(10)13(20)21/h9-11H,3-8H2,1-2H3,(H,20,21)/t9?,10-,11+/m0/s1. The lowest BCUT2D eigenvalue weighted by Crippen LogP contribution is -2.44. The number of rotatable bonds is 6. The van der Waals surface area contributed by atoms with Gasteiger partial charge < -0.3 is 10.0 Å². The zero-order valence-corrected chi connectivity index (χ0v) is 12.3. The first-order chi connectivity index (χ1) is 9.69. The van der Waals surface area contributed by atoms with Crippen molar-refractivity contribution in [2.24, 2.45) is 17.8 Å². The van der Waals surface area contributed by atoms with Crippen LogP contribution in [0.15, 0.2) is 0 Å². The average molecular weight is 309 g/mol. The van der Waals surface area contributed by atoms with Gasteiger partial charge in [-0.3, -0.25) is 9.59 Å². The summed E-state index contributed by atoms with van der Waals surface area (Å²) in [5, 5.41) is 9.20. The number of aliphatic carboxylic acids is 1. The molecule has 0 saturated heterocycles. The number of carboxylic acids is 1. The van der Waals surface area contributed by atoms with Crippen LogP contribution in [0.25, 0.3) is 0 Å². The first kappa shape index (κ1) is 17.8. The van der Waals surface area contributed by atoms with E-state index in [4.69, 9.17) is 0 Å². The quantitative estimate of drug-likeness (QED) is 0.820. The topological polar surface area (TPSA) is 57.6 Å². The highest BCUT2D eigenvalue weighted by Gasteiger charge is 2.45. The maximum Gasteiger partial charge on any atom is 0.406 e. The van der Waals surface area contributed by atoms with Crippen molar-refractivity contribution in [3.05, 3.63) is 0 Å². The molecular weight excluding hydrogens is 287 g/mol. The van der Waals surface area contributed by atoms with E-state index in [1.54, 1.807) is 6.92 Å². The lowest BCUT2D eigenvalue weighted by atomic mass is 9.94. The number of halogens is 3. The Bertz CT molecular complexity index is 384. The van der Waals surface area contributed by atoms with Crippen molar-refractivity contribution in [1.82, 2.24) is 4.90 Å². The van der Waals surface area contributed by atoms with Crippen LogP contribution in [-0.2, 0) is 9.59 Å². The highest BCUT2D eigenvalue weighted by molar-refractivity contribution is 5.85. The van der Waals surface area contributed by atoms with Crippen molar-refractivity contribution in [3.8, 4) is 0 Å². The van der Waals surface area contributed by atoms with Crippen LogP contribution in [0.1, 0.15) is 39.5 Å². The van der Waals surface area contributed by atoms with Gasteiger partial charge in [0.15, 0.2) is 0 Å². The molecule has 0 radical (unpaired) electrons. The summed E-state index contributed by atoms with van der Waals surface area (Å²) in [5.74, 6) is -3.36. The van der Waals surface area contributed by atoms with Gasteiger partial charge in [0.05, 0.1) is 11.8 Å².